The van der Waals surface area contributed by atoms with Crippen LogP contribution in [0.2, 0.25) is 0 Å². The van der Waals surface area contributed by atoms with Gasteiger partial charge in [0.15, 0.2) is 0 Å². The SMILES string of the molecule is CN(CCCN)Cc1nc(N)nc(N)n1. The Labute approximate surface area is 88.7 Å². The summed E-state index contributed by atoms with van der Waals surface area (Å²) in [7, 11) is 1.96. The van der Waals surface area contributed by atoms with Crippen molar-refractivity contribution in [3.05, 3.63) is 5.82 Å². The van der Waals surface area contributed by atoms with Gasteiger partial charge in [-0.3, -0.25) is 4.90 Å². The summed E-state index contributed by atoms with van der Waals surface area (Å²) in [6.45, 7) is 2.16. The van der Waals surface area contributed by atoms with Crippen molar-refractivity contribution in [1.82, 2.24) is 19.9 Å². The van der Waals surface area contributed by atoms with Crippen LogP contribution in [0.5, 0.6) is 0 Å². The maximum Gasteiger partial charge on any atom is 0.225 e. The highest BCUT2D eigenvalue weighted by atomic mass is 15.2. The van der Waals surface area contributed by atoms with E-state index in [9.17, 15) is 0 Å². The van der Waals surface area contributed by atoms with Crippen molar-refractivity contribution in [3.8, 4) is 0 Å². The summed E-state index contributed by atoms with van der Waals surface area (Å²) >= 11 is 0. The van der Waals surface area contributed by atoms with E-state index < -0.39 is 0 Å². The Hall–Kier alpha value is -1.47. The van der Waals surface area contributed by atoms with Gasteiger partial charge in [-0.25, -0.2) is 0 Å². The first-order valence-electron chi connectivity index (χ1n) is 4.76. The molecule has 0 bridgehead atoms. The fourth-order valence-electron chi connectivity index (χ4n) is 1.21. The maximum atomic E-state index is 5.45. The van der Waals surface area contributed by atoms with Crippen LogP contribution < -0.4 is 17.2 Å². The predicted octanol–water partition coefficient (Wildman–Crippen LogP) is -1.18. The summed E-state index contributed by atoms with van der Waals surface area (Å²) in [4.78, 5) is 13.7. The van der Waals surface area contributed by atoms with E-state index >= 15 is 0 Å². The summed E-state index contributed by atoms with van der Waals surface area (Å²) in [6, 6.07) is 0. The molecule has 0 unspecified atom stereocenters. The molecular formula is C8H17N7. The van der Waals surface area contributed by atoms with E-state index in [0.717, 1.165) is 13.0 Å². The van der Waals surface area contributed by atoms with Gasteiger partial charge >= 0.3 is 0 Å². The zero-order valence-corrected chi connectivity index (χ0v) is 8.85. The summed E-state index contributed by atoms with van der Waals surface area (Å²) in [6.07, 6.45) is 0.937. The fraction of sp³-hybridized carbons (Fsp3) is 0.625. The Morgan fingerprint density at radius 1 is 1.13 bits per heavy atom. The minimum absolute atomic E-state index is 0.157. The van der Waals surface area contributed by atoms with Crippen molar-refractivity contribution in [3.63, 3.8) is 0 Å². The van der Waals surface area contributed by atoms with Gasteiger partial charge < -0.3 is 17.2 Å². The van der Waals surface area contributed by atoms with Gasteiger partial charge in [0.2, 0.25) is 11.9 Å². The van der Waals surface area contributed by atoms with E-state index in [-0.39, 0.29) is 11.9 Å². The summed E-state index contributed by atoms with van der Waals surface area (Å²) in [5, 5.41) is 0. The molecule has 0 aliphatic heterocycles. The molecule has 0 fully saturated rings. The third-order valence-corrected chi connectivity index (χ3v) is 1.87. The number of rotatable bonds is 5. The quantitative estimate of drug-likeness (QED) is 0.560. The summed E-state index contributed by atoms with van der Waals surface area (Å²) in [5.74, 6) is 0.897. The van der Waals surface area contributed by atoms with Gasteiger partial charge in [0, 0.05) is 0 Å². The van der Waals surface area contributed by atoms with Crippen molar-refractivity contribution in [2.24, 2.45) is 5.73 Å². The first-order valence-corrected chi connectivity index (χ1v) is 4.76. The Morgan fingerprint density at radius 3 is 2.27 bits per heavy atom. The van der Waals surface area contributed by atoms with Gasteiger partial charge in [-0.05, 0) is 26.6 Å². The molecule has 0 spiro atoms. The predicted molar refractivity (Wildman–Crippen MR) is 58.7 cm³/mol. The van der Waals surface area contributed by atoms with Crippen molar-refractivity contribution >= 4 is 11.9 Å². The lowest BCUT2D eigenvalue weighted by Gasteiger charge is -2.14. The zero-order chi connectivity index (χ0) is 11.3. The fourth-order valence-corrected chi connectivity index (χ4v) is 1.21. The number of hydrogen-bond donors (Lipinski definition) is 3. The molecule has 1 rings (SSSR count). The zero-order valence-electron chi connectivity index (χ0n) is 8.85. The average molecular weight is 211 g/mol. The average Bonchev–Trinajstić information content (AvgIpc) is 2.13. The maximum absolute atomic E-state index is 5.45. The molecule has 1 aromatic rings. The van der Waals surface area contributed by atoms with Gasteiger partial charge in [0.1, 0.15) is 5.82 Å². The van der Waals surface area contributed by atoms with E-state index in [2.05, 4.69) is 19.9 Å². The third-order valence-electron chi connectivity index (χ3n) is 1.87. The van der Waals surface area contributed by atoms with Crippen LogP contribution in [0.4, 0.5) is 11.9 Å². The molecule has 0 saturated carbocycles. The first kappa shape index (κ1) is 11.6. The summed E-state index contributed by atoms with van der Waals surface area (Å²) < 4.78 is 0. The van der Waals surface area contributed by atoms with E-state index in [4.69, 9.17) is 17.2 Å². The highest BCUT2D eigenvalue weighted by Gasteiger charge is 2.05. The van der Waals surface area contributed by atoms with Crippen LogP contribution in [-0.2, 0) is 6.54 Å². The Bertz CT molecular complexity index is 294. The Balaban J connectivity index is 2.56. The minimum Gasteiger partial charge on any atom is -0.368 e. The van der Waals surface area contributed by atoms with Crippen LogP contribution in [0.15, 0.2) is 0 Å². The molecule has 7 heteroatoms. The van der Waals surface area contributed by atoms with Crippen molar-refractivity contribution in [2.45, 2.75) is 13.0 Å². The lowest BCUT2D eigenvalue weighted by molar-refractivity contribution is 0.316. The topological polar surface area (TPSA) is 120 Å². The van der Waals surface area contributed by atoms with Crippen LogP contribution >= 0.6 is 0 Å². The van der Waals surface area contributed by atoms with E-state index in [1.165, 1.54) is 0 Å². The van der Waals surface area contributed by atoms with Crippen LogP contribution in [0.3, 0.4) is 0 Å². The number of nitrogens with zero attached hydrogens (tertiary/aromatic N) is 4. The van der Waals surface area contributed by atoms with Crippen LogP contribution in [-0.4, -0.2) is 40.0 Å². The van der Waals surface area contributed by atoms with Crippen molar-refractivity contribution in [1.29, 1.82) is 0 Å². The molecule has 0 aromatic carbocycles. The molecule has 1 aromatic heterocycles. The van der Waals surface area contributed by atoms with Crippen molar-refractivity contribution < 1.29 is 0 Å². The van der Waals surface area contributed by atoms with Gasteiger partial charge in [-0.15, -0.1) is 0 Å². The lowest BCUT2D eigenvalue weighted by Crippen LogP contribution is -2.23. The number of hydrogen-bond acceptors (Lipinski definition) is 7. The molecule has 15 heavy (non-hydrogen) atoms. The van der Waals surface area contributed by atoms with Gasteiger partial charge in [-0.2, -0.15) is 15.0 Å². The monoisotopic (exact) mass is 211 g/mol. The molecule has 6 N–H and O–H groups in total. The van der Waals surface area contributed by atoms with Crippen LogP contribution in [0.25, 0.3) is 0 Å². The summed E-state index contributed by atoms with van der Waals surface area (Å²) in [5.41, 5.74) is 16.3. The molecule has 7 nitrogen and oxygen atoms in total. The highest BCUT2D eigenvalue weighted by molar-refractivity contribution is 5.25. The van der Waals surface area contributed by atoms with E-state index in [1.54, 1.807) is 0 Å². The van der Waals surface area contributed by atoms with E-state index in [1.807, 2.05) is 7.05 Å². The molecular weight excluding hydrogens is 194 g/mol. The largest absolute Gasteiger partial charge is 0.368 e. The molecule has 1 heterocycles. The van der Waals surface area contributed by atoms with Crippen LogP contribution in [0.1, 0.15) is 12.2 Å². The first-order chi connectivity index (χ1) is 7.11. The molecule has 0 atom stereocenters. The molecule has 0 radical (unpaired) electrons. The second-order valence-corrected chi connectivity index (χ2v) is 3.35. The minimum atomic E-state index is 0.157. The Kier molecular flexibility index (Phi) is 4.19. The molecule has 0 amide bonds. The molecule has 0 aliphatic carbocycles. The standard InChI is InChI=1S/C8H17N7/c1-15(4-2-3-9)5-6-12-7(10)14-8(11)13-6/h2-5,9H2,1H3,(H4,10,11,12,13,14). The van der Waals surface area contributed by atoms with Crippen LogP contribution in [0, 0.1) is 0 Å². The van der Waals surface area contributed by atoms with Gasteiger partial charge in [0.05, 0.1) is 6.54 Å². The second-order valence-electron chi connectivity index (χ2n) is 3.35. The van der Waals surface area contributed by atoms with Gasteiger partial charge in [0.25, 0.3) is 0 Å². The number of nitrogens with two attached hydrogens (primary N) is 3. The second kappa shape index (κ2) is 5.42. The lowest BCUT2D eigenvalue weighted by atomic mass is 10.4. The smallest absolute Gasteiger partial charge is 0.225 e. The van der Waals surface area contributed by atoms with E-state index in [0.29, 0.717) is 18.9 Å². The number of anilines is 2. The molecule has 84 valence electrons. The molecule has 0 aliphatic rings. The number of nitrogen functional groups attached to an aromatic ring is 2. The Morgan fingerprint density at radius 2 is 1.73 bits per heavy atom. The van der Waals surface area contributed by atoms with Gasteiger partial charge in [-0.1, -0.05) is 0 Å². The molecule has 0 saturated heterocycles. The highest BCUT2D eigenvalue weighted by Crippen LogP contribution is 2.01. The van der Waals surface area contributed by atoms with Crippen molar-refractivity contribution in [2.75, 3.05) is 31.6 Å². The number of aromatic nitrogens is 3. The third kappa shape index (κ3) is 4.05. The normalized spacial score (nSPS) is 10.9.